The summed E-state index contributed by atoms with van der Waals surface area (Å²) in [5.41, 5.74) is 0. The smallest absolute Gasteiger partial charge is 0.0620 e. The monoisotopic (exact) mass is 824 g/mol. The van der Waals surface area contributed by atoms with E-state index in [9.17, 15) is 0 Å². The zero-order valence-electron chi connectivity index (χ0n) is 30.0. The maximum Gasteiger partial charge on any atom is 0.102 e. The molecule has 5 heteroatoms. The van der Waals surface area contributed by atoms with Crippen LogP contribution in [0.4, 0.5) is 0 Å². The molecule has 7 rings (SSSR count). The second-order valence-corrected chi connectivity index (χ2v) is 22.5. The molecule has 0 heterocycles. The molecule has 7 aromatic rings. The molecule has 0 bridgehead atoms. The van der Waals surface area contributed by atoms with Gasteiger partial charge in [-0.25, -0.2) is 0 Å². The van der Waals surface area contributed by atoms with Gasteiger partial charge in [-0.05, 0) is 72.8 Å². The molecule has 0 aliphatic carbocycles. The third-order valence-corrected chi connectivity index (χ3v) is 17.1. The van der Waals surface area contributed by atoms with E-state index in [0.717, 1.165) is 0 Å². The van der Waals surface area contributed by atoms with Gasteiger partial charge in [-0.2, -0.15) is 0 Å². The summed E-state index contributed by atoms with van der Waals surface area (Å²) < 4.78 is 0. The third kappa shape index (κ3) is 12.0. The molecular weight excluding hydrogens is 774 g/mol. The van der Waals surface area contributed by atoms with E-state index < -0.39 is 15.8 Å². The Morgan fingerprint density at radius 2 is 0.412 bits per heavy atom. The van der Waals surface area contributed by atoms with Gasteiger partial charge in [0.1, 0.15) is 31.8 Å². The maximum absolute atomic E-state index is 2.37. The molecule has 0 aliphatic rings. The van der Waals surface area contributed by atoms with Crippen molar-refractivity contribution in [3.05, 3.63) is 206 Å². The van der Waals surface area contributed by atoms with Crippen molar-refractivity contribution in [2.75, 3.05) is 0 Å². The van der Waals surface area contributed by atoms with Gasteiger partial charge >= 0.3 is 19.5 Å². The van der Waals surface area contributed by atoms with Gasteiger partial charge in [0.2, 0.25) is 0 Å². The molecule has 7 aromatic carbocycles. The van der Waals surface area contributed by atoms with Crippen LogP contribution in [0.2, 0.25) is 26.2 Å². The Hall–Kier alpha value is -3.54. The molecule has 0 aliphatic heterocycles. The Bertz CT molecular complexity index is 1610. The van der Waals surface area contributed by atoms with Crippen LogP contribution in [-0.4, -0.2) is 17.6 Å². The first-order valence-corrected chi connectivity index (χ1v) is 25.3. The van der Waals surface area contributed by atoms with Crippen molar-refractivity contribution < 1.29 is 19.5 Å². The first-order valence-electron chi connectivity index (χ1n) is 17.3. The zero-order valence-corrected chi connectivity index (χ0v) is 36.0. The molecule has 3 radical (unpaired) electrons. The molecule has 0 atom stereocenters. The van der Waals surface area contributed by atoms with Crippen molar-refractivity contribution in [3.8, 4) is 0 Å². The topological polar surface area (TPSA) is 0 Å². The second-order valence-electron chi connectivity index (χ2n) is 12.5. The van der Waals surface area contributed by atoms with Crippen LogP contribution in [0.3, 0.4) is 0 Å². The van der Waals surface area contributed by atoms with E-state index in [-0.39, 0.29) is 37.1 Å². The first kappa shape index (κ1) is 40.2. The summed E-state index contributed by atoms with van der Waals surface area (Å²) in [6.07, 6.45) is 0. The van der Waals surface area contributed by atoms with Gasteiger partial charge in [-0.1, -0.05) is 170 Å². The van der Waals surface area contributed by atoms with Crippen molar-refractivity contribution >= 4 is 75.6 Å². The van der Waals surface area contributed by atoms with Crippen molar-refractivity contribution in [2.45, 2.75) is 26.2 Å². The fourth-order valence-corrected chi connectivity index (χ4v) is 14.7. The predicted molar refractivity (Wildman–Crippen MR) is 238 cm³/mol. The van der Waals surface area contributed by atoms with E-state index in [1.807, 2.05) is 0 Å². The molecule has 0 unspecified atom stereocenters. The first-order chi connectivity index (χ1) is 24.5. The van der Waals surface area contributed by atoms with E-state index in [1.54, 1.807) is 10.4 Å². The van der Waals surface area contributed by atoms with Crippen molar-refractivity contribution in [3.63, 3.8) is 0 Å². The molecular formula is C46H51P2RhSi2+2. The average Bonchev–Trinajstić information content (AvgIpc) is 3.18. The summed E-state index contributed by atoms with van der Waals surface area (Å²) in [4.78, 5) is 0. The molecule has 0 amide bonds. The van der Waals surface area contributed by atoms with Crippen LogP contribution in [0, 0.1) is 0 Å². The molecule has 260 valence electrons. The van der Waals surface area contributed by atoms with Crippen LogP contribution < -0.4 is 42.2 Å². The Labute approximate surface area is 325 Å². The second kappa shape index (κ2) is 21.7. The minimum absolute atomic E-state index is 0. The van der Waals surface area contributed by atoms with Crippen LogP contribution >= 0.6 is 15.8 Å². The molecule has 0 N–H and O–H groups in total. The predicted octanol–water partition coefficient (Wildman–Crippen LogP) is 7.16. The molecule has 0 aromatic heterocycles. The van der Waals surface area contributed by atoms with Gasteiger partial charge in [0.25, 0.3) is 0 Å². The maximum atomic E-state index is 2.37. The van der Waals surface area contributed by atoms with Gasteiger partial charge in [-0.3, -0.25) is 0 Å². The molecule has 0 saturated heterocycles. The van der Waals surface area contributed by atoms with Crippen LogP contribution in [0.15, 0.2) is 206 Å². The van der Waals surface area contributed by atoms with Crippen LogP contribution in [0.25, 0.3) is 0 Å². The van der Waals surface area contributed by atoms with Crippen LogP contribution in [0.1, 0.15) is 0 Å². The largest absolute Gasteiger partial charge is 0.102 e. The normalized spacial score (nSPS) is 10.5. The summed E-state index contributed by atoms with van der Waals surface area (Å²) in [6.45, 7) is 9.48. The molecule has 51 heavy (non-hydrogen) atoms. The standard InChI is InChI=1S/2C18H15P.C10H16Si2.Rh.3H/c2*1-4-10-16(11-5-1)19(17-12-6-2-7-13-17)18-14-8-3-9-15-18;1-11(2)9-7-5-6-8-10(9)12(3)4;;;;/h2*1-15H;5-8H,1-4H3;;;;/p+2. The number of rotatable bonds is 8. The summed E-state index contributed by atoms with van der Waals surface area (Å²) in [7, 11) is -2.28. The molecule has 0 nitrogen and oxygen atoms in total. The van der Waals surface area contributed by atoms with Crippen molar-refractivity contribution in [1.82, 2.24) is 0 Å². The summed E-state index contributed by atoms with van der Waals surface area (Å²) in [5.74, 6) is 0. The fraction of sp³-hybridized carbons (Fsp3) is 0.0870. The summed E-state index contributed by atoms with van der Waals surface area (Å²) in [6, 6.07) is 73.9. The van der Waals surface area contributed by atoms with Crippen LogP contribution in [-0.2, 0) is 19.5 Å². The molecule has 0 saturated carbocycles. The summed E-state index contributed by atoms with van der Waals surface area (Å²) >= 11 is 0. The minimum atomic E-state index is -0.877. The number of benzene rings is 7. The fourth-order valence-electron chi connectivity index (χ4n) is 5.98. The summed E-state index contributed by atoms with van der Waals surface area (Å²) in [5, 5.41) is 11.9. The van der Waals surface area contributed by atoms with E-state index in [4.69, 9.17) is 0 Å². The molecule has 0 spiro atoms. The van der Waals surface area contributed by atoms with Gasteiger partial charge in [0.15, 0.2) is 0 Å². The zero-order chi connectivity index (χ0) is 35.0. The van der Waals surface area contributed by atoms with Crippen molar-refractivity contribution in [1.29, 1.82) is 0 Å². The number of hydrogen-bond acceptors (Lipinski definition) is 0. The van der Waals surface area contributed by atoms with Gasteiger partial charge in [-0.15, -0.1) is 0 Å². The van der Waals surface area contributed by atoms with Crippen molar-refractivity contribution in [2.24, 2.45) is 0 Å². The van der Waals surface area contributed by atoms with Gasteiger partial charge in [0.05, 0.1) is 33.4 Å². The van der Waals surface area contributed by atoms with E-state index in [0.29, 0.717) is 0 Å². The SMILES string of the molecule is C[Si](C)c1ccccc1[Si](C)C.[RhH3].c1ccc([PH+](c2ccccc2)c2ccccc2)cc1.c1ccc([PH+](c2ccccc2)c2ccccc2)cc1. The Kier molecular flexibility index (Phi) is 17.1. The van der Waals surface area contributed by atoms with Gasteiger partial charge in [0, 0.05) is 0 Å². The van der Waals surface area contributed by atoms with Gasteiger partial charge < -0.3 is 0 Å². The Morgan fingerprint density at radius 1 is 0.255 bits per heavy atom. The quantitative estimate of drug-likeness (QED) is 0.113. The average molecular weight is 825 g/mol. The van der Waals surface area contributed by atoms with E-state index in [1.165, 1.54) is 31.8 Å². The Balaban J connectivity index is 0.000000175. The number of hydrogen-bond donors (Lipinski definition) is 0. The Morgan fingerprint density at radius 3 is 0.569 bits per heavy atom. The third-order valence-electron chi connectivity index (χ3n) is 8.38. The molecule has 0 fully saturated rings. The van der Waals surface area contributed by atoms with E-state index >= 15 is 0 Å². The van der Waals surface area contributed by atoms with Crippen LogP contribution in [0.5, 0.6) is 0 Å². The minimum Gasteiger partial charge on any atom is -0.0620 e. The van der Waals surface area contributed by atoms with E-state index in [2.05, 4.69) is 232 Å².